The lowest BCUT2D eigenvalue weighted by molar-refractivity contribution is -0.130. The van der Waals surface area contributed by atoms with Crippen molar-refractivity contribution in [2.24, 2.45) is 0 Å². The minimum absolute atomic E-state index is 0.00895. The molecular formula is C28H24N2O5. The number of nitrogens with zero attached hydrogens (tertiary/aromatic N) is 2. The summed E-state index contributed by atoms with van der Waals surface area (Å²) in [6, 6.07) is 18.9. The van der Waals surface area contributed by atoms with E-state index in [0.717, 1.165) is 17.4 Å². The number of carbonyl (C=O) groups is 2. The molecule has 176 valence electrons. The highest BCUT2D eigenvalue weighted by Crippen LogP contribution is 2.41. The van der Waals surface area contributed by atoms with Gasteiger partial charge in [-0.2, -0.15) is 0 Å². The lowest BCUT2D eigenvalue weighted by Crippen LogP contribution is -2.30. The average molecular weight is 469 g/mol. The van der Waals surface area contributed by atoms with Gasteiger partial charge in [0.2, 0.25) is 5.78 Å². The number of Topliss-reactive ketones (excluding diaryl/α,β-unsaturated/α-hetero) is 1. The van der Waals surface area contributed by atoms with Crippen molar-refractivity contribution in [2.45, 2.75) is 25.9 Å². The maximum Gasteiger partial charge on any atom is 0.290 e. The second-order valence-electron chi connectivity index (χ2n) is 8.35. The number of benzene rings is 2. The van der Waals surface area contributed by atoms with Crippen LogP contribution in [0.4, 0.5) is 0 Å². The van der Waals surface area contributed by atoms with E-state index in [2.05, 4.69) is 4.98 Å². The van der Waals surface area contributed by atoms with E-state index in [0.29, 0.717) is 23.5 Å². The van der Waals surface area contributed by atoms with Gasteiger partial charge < -0.3 is 19.2 Å². The highest BCUT2D eigenvalue weighted by Gasteiger charge is 2.44. The Morgan fingerprint density at radius 2 is 1.83 bits per heavy atom. The standard InChI is InChI=1S/C28H24N2O5/c1-2-15-34-21-9-7-19(8-10-21)25-24(26(31)23-16-20-5-3-4-6-22(20)35-23)27(32)28(33)30(25)17-18-11-13-29-14-12-18/h3-14,16,25,32H,2,15,17H2,1H3. The molecule has 0 saturated carbocycles. The van der Waals surface area contributed by atoms with E-state index in [1.54, 1.807) is 48.8 Å². The number of fused-ring (bicyclic) bond motifs is 1. The lowest BCUT2D eigenvalue weighted by atomic mass is 9.94. The molecule has 1 amide bonds. The number of carbonyl (C=O) groups excluding carboxylic acids is 2. The fraction of sp³-hybridized carbons (Fsp3) is 0.179. The first-order valence-electron chi connectivity index (χ1n) is 11.5. The van der Waals surface area contributed by atoms with Gasteiger partial charge in [-0.15, -0.1) is 0 Å². The van der Waals surface area contributed by atoms with Gasteiger partial charge in [0.25, 0.3) is 5.91 Å². The normalized spacial score (nSPS) is 15.7. The second kappa shape index (κ2) is 9.46. The molecule has 5 rings (SSSR count). The highest BCUT2D eigenvalue weighted by molar-refractivity contribution is 6.16. The first kappa shape index (κ1) is 22.4. The van der Waals surface area contributed by atoms with Crippen LogP contribution in [-0.4, -0.2) is 33.3 Å². The van der Waals surface area contributed by atoms with Crippen LogP contribution in [-0.2, 0) is 11.3 Å². The van der Waals surface area contributed by atoms with Crippen molar-refractivity contribution in [1.82, 2.24) is 9.88 Å². The fourth-order valence-corrected chi connectivity index (χ4v) is 4.27. The summed E-state index contributed by atoms with van der Waals surface area (Å²) in [6.45, 7) is 2.81. The van der Waals surface area contributed by atoms with Crippen molar-refractivity contribution in [3.8, 4) is 5.75 Å². The molecule has 1 aliphatic heterocycles. The van der Waals surface area contributed by atoms with Crippen molar-refractivity contribution < 1.29 is 23.8 Å². The number of aromatic nitrogens is 1. The second-order valence-corrected chi connectivity index (χ2v) is 8.35. The molecule has 0 spiro atoms. The number of ether oxygens (including phenoxy) is 1. The topological polar surface area (TPSA) is 92.9 Å². The van der Waals surface area contributed by atoms with Crippen molar-refractivity contribution >= 4 is 22.7 Å². The minimum Gasteiger partial charge on any atom is -0.503 e. The van der Waals surface area contributed by atoms with E-state index in [1.165, 1.54) is 4.90 Å². The van der Waals surface area contributed by atoms with Crippen LogP contribution < -0.4 is 4.74 Å². The quantitative estimate of drug-likeness (QED) is 0.348. The van der Waals surface area contributed by atoms with Crippen molar-refractivity contribution in [1.29, 1.82) is 0 Å². The van der Waals surface area contributed by atoms with E-state index in [1.807, 2.05) is 37.3 Å². The first-order valence-corrected chi connectivity index (χ1v) is 11.5. The third-order valence-corrected chi connectivity index (χ3v) is 5.97. The zero-order chi connectivity index (χ0) is 24.4. The largest absolute Gasteiger partial charge is 0.503 e. The van der Waals surface area contributed by atoms with Gasteiger partial charge in [0.05, 0.1) is 18.2 Å². The van der Waals surface area contributed by atoms with E-state index >= 15 is 0 Å². The Bertz CT molecular complexity index is 1370. The van der Waals surface area contributed by atoms with Crippen LogP contribution in [0.3, 0.4) is 0 Å². The van der Waals surface area contributed by atoms with Gasteiger partial charge in [0, 0.05) is 24.3 Å². The SMILES string of the molecule is CCCOc1ccc(C2C(C(=O)c3cc4ccccc4o3)=C(O)C(=O)N2Cc2ccncc2)cc1. The molecule has 0 aliphatic carbocycles. The number of hydrogen-bond acceptors (Lipinski definition) is 6. The van der Waals surface area contributed by atoms with Crippen molar-refractivity contribution in [3.05, 3.63) is 107 Å². The van der Waals surface area contributed by atoms with Gasteiger partial charge in [-0.1, -0.05) is 37.3 Å². The predicted molar refractivity (Wildman–Crippen MR) is 130 cm³/mol. The van der Waals surface area contributed by atoms with Gasteiger partial charge in [0.15, 0.2) is 11.5 Å². The molecule has 7 nitrogen and oxygen atoms in total. The third-order valence-electron chi connectivity index (χ3n) is 5.97. The molecule has 0 fully saturated rings. The van der Waals surface area contributed by atoms with Crippen LogP contribution in [0.2, 0.25) is 0 Å². The number of para-hydroxylation sites is 1. The third kappa shape index (κ3) is 4.28. The maximum absolute atomic E-state index is 13.6. The molecule has 4 aromatic rings. The number of aliphatic hydroxyl groups excluding tert-OH is 1. The Balaban J connectivity index is 1.56. The molecule has 0 bridgehead atoms. The zero-order valence-corrected chi connectivity index (χ0v) is 19.2. The Morgan fingerprint density at radius 3 is 2.54 bits per heavy atom. The zero-order valence-electron chi connectivity index (χ0n) is 19.2. The number of furan rings is 1. The van der Waals surface area contributed by atoms with E-state index in [-0.39, 0.29) is 17.9 Å². The molecule has 2 aromatic heterocycles. The summed E-state index contributed by atoms with van der Waals surface area (Å²) in [5.41, 5.74) is 2.06. The molecule has 7 heteroatoms. The molecule has 1 atom stereocenters. The molecule has 2 aromatic carbocycles. The summed E-state index contributed by atoms with van der Waals surface area (Å²) < 4.78 is 11.5. The Labute approximate surface area is 202 Å². The van der Waals surface area contributed by atoms with E-state index in [9.17, 15) is 14.7 Å². The van der Waals surface area contributed by atoms with Gasteiger partial charge in [-0.25, -0.2) is 0 Å². The Morgan fingerprint density at radius 1 is 1.09 bits per heavy atom. The molecule has 3 heterocycles. The number of aliphatic hydroxyl groups is 1. The summed E-state index contributed by atoms with van der Waals surface area (Å²) in [6.07, 6.45) is 4.16. The van der Waals surface area contributed by atoms with Crippen LogP contribution in [0.15, 0.2) is 94.9 Å². The molecule has 35 heavy (non-hydrogen) atoms. The van der Waals surface area contributed by atoms with Gasteiger partial charge in [0.1, 0.15) is 11.3 Å². The van der Waals surface area contributed by atoms with Gasteiger partial charge >= 0.3 is 0 Å². The van der Waals surface area contributed by atoms with Crippen molar-refractivity contribution in [2.75, 3.05) is 6.61 Å². The summed E-state index contributed by atoms with van der Waals surface area (Å²) in [5.74, 6) is -0.947. The number of hydrogen-bond donors (Lipinski definition) is 1. The number of amides is 1. The molecular weight excluding hydrogens is 444 g/mol. The van der Waals surface area contributed by atoms with Crippen LogP contribution in [0.25, 0.3) is 11.0 Å². The summed E-state index contributed by atoms with van der Waals surface area (Å²) >= 11 is 0. The minimum atomic E-state index is -0.795. The lowest BCUT2D eigenvalue weighted by Gasteiger charge is -2.27. The molecule has 1 N–H and O–H groups in total. The van der Waals surface area contributed by atoms with Crippen LogP contribution in [0.1, 0.15) is 41.1 Å². The Hall–Kier alpha value is -4.39. The van der Waals surface area contributed by atoms with Gasteiger partial charge in [-0.3, -0.25) is 14.6 Å². The molecule has 1 unspecified atom stereocenters. The maximum atomic E-state index is 13.6. The summed E-state index contributed by atoms with van der Waals surface area (Å²) in [5, 5.41) is 11.7. The fourth-order valence-electron chi connectivity index (χ4n) is 4.27. The summed E-state index contributed by atoms with van der Waals surface area (Å²) in [4.78, 5) is 32.4. The van der Waals surface area contributed by atoms with E-state index in [4.69, 9.17) is 9.15 Å². The smallest absolute Gasteiger partial charge is 0.290 e. The van der Waals surface area contributed by atoms with Gasteiger partial charge in [-0.05, 0) is 53.9 Å². The number of rotatable bonds is 8. The van der Waals surface area contributed by atoms with Crippen LogP contribution in [0.5, 0.6) is 5.75 Å². The summed E-state index contributed by atoms with van der Waals surface area (Å²) in [7, 11) is 0. The van der Waals surface area contributed by atoms with Crippen molar-refractivity contribution in [3.63, 3.8) is 0 Å². The monoisotopic (exact) mass is 468 g/mol. The molecule has 0 saturated heterocycles. The highest BCUT2D eigenvalue weighted by atomic mass is 16.5. The van der Waals surface area contributed by atoms with Crippen LogP contribution in [0, 0.1) is 0 Å². The average Bonchev–Trinajstić information content (AvgIpc) is 3.43. The Kier molecular flexibility index (Phi) is 6.06. The molecule has 0 radical (unpaired) electrons. The number of pyridine rings is 1. The van der Waals surface area contributed by atoms with E-state index < -0.39 is 23.5 Å². The number of ketones is 1. The molecule has 1 aliphatic rings. The predicted octanol–water partition coefficient (Wildman–Crippen LogP) is 5.40. The first-order chi connectivity index (χ1) is 17.1. The van der Waals surface area contributed by atoms with Crippen LogP contribution >= 0.6 is 0 Å².